The third kappa shape index (κ3) is 5.10. The van der Waals surface area contributed by atoms with E-state index in [0.29, 0.717) is 32.6 Å². The molecule has 0 fully saturated rings. The molecule has 0 radical (unpaired) electrons. The highest BCUT2D eigenvalue weighted by atomic mass is 35.5. The maximum absolute atomic E-state index is 12.3. The number of hydrogen-bond acceptors (Lipinski definition) is 4. The zero-order chi connectivity index (χ0) is 21.0. The highest BCUT2D eigenvalue weighted by molar-refractivity contribution is 7.79. The summed E-state index contributed by atoms with van der Waals surface area (Å²) in [5.74, 6) is 0. The summed E-state index contributed by atoms with van der Waals surface area (Å²) < 4.78 is 20.0. The Kier molecular flexibility index (Phi) is 6.81. The van der Waals surface area contributed by atoms with Gasteiger partial charge in [-0.25, -0.2) is 9.00 Å². The smallest absolute Gasteiger partial charge is 0.319 e. The Morgan fingerprint density at radius 1 is 1.10 bits per heavy atom. The SMILES string of the molecule is C[C@H](NC(=O)Nc1ccc(S(=O)O)cc1)c1ccc(-c2cnccn2)c(Cl)c1Cl. The topological polar surface area (TPSA) is 104 Å². The van der Waals surface area contributed by atoms with E-state index in [2.05, 4.69) is 20.6 Å². The number of anilines is 1. The number of halogens is 2. The zero-order valence-corrected chi connectivity index (χ0v) is 17.4. The highest BCUT2D eigenvalue weighted by Gasteiger charge is 2.18. The average Bonchev–Trinajstić information content (AvgIpc) is 2.70. The van der Waals surface area contributed by atoms with Crippen LogP contribution < -0.4 is 10.6 Å². The van der Waals surface area contributed by atoms with Crippen LogP contribution in [0.2, 0.25) is 10.0 Å². The molecule has 0 saturated heterocycles. The Labute approximate surface area is 179 Å². The first-order valence-electron chi connectivity index (χ1n) is 8.39. The van der Waals surface area contributed by atoms with Gasteiger partial charge in [-0.1, -0.05) is 35.3 Å². The number of amides is 2. The molecule has 0 saturated carbocycles. The summed E-state index contributed by atoms with van der Waals surface area (Å²) in [5.41, 5.74) is 2.36. The standard InChI is InChI=1S/C19H16Cl2N4O3S/c1-11(24-19(26)25-12-2-4-13(5-3-12)29(27)28)14-6-7-15(18(21)17(14)20)16-10-22-8-9-23-16/h2-11H,1H3,(H,27,28)(H2,24,25,26)/t11-/m0/s1. The normalized spacial score (nSPS) is 12.8. The van der Waals surface area contributed by atoms with E-state index in [9.17, 15) is 9.00 Å². The largest absolute Gasteiger partial charge is 0.331 e. The van der Waals surface area contributed by atoms with Crippen LogP contribution in [0.1, 0.15) is 18.5 Å². The number of nitrogens with one attached hydrogen (secondary N) is 2. The van der Waals surface area contributed by atoms with Gasteiger partial charge in [-0.15, -0.1) is 0 Å². The van der Waals surface area contributed by atoms with E-state index in [1.54, 1.807) is 37.6 Å². The Morgan fingerprint density at radius 2 is 1.83 bits per heavy atom. The van der Waals surface area contributed by atoms with Gasteiger partial charge < -0.3 is 15.2 Å². The van der Waals surface area contributed by atoms with Crippen LogP contribution in [-0.4, -0.2) is 24.8 Å². The van der Waals surface area contributed by atoms with Crippen molar-refractivity contribution >= 4 is 46.0 Å². The van der Waals surface area contributed by atoms with Crippen molar-refractivity contribution in [1.82, 2.24) is 15.3 Å². The second-order valence-electron chi connectivity index (χ2n) is 6.01. The minimum absolute atomic E-state index is 0.244. The number of carbonyl (C=O) groups excluding carboxylic acids is 1. The van der Waals surface area contributed by atoms with Crippen LogP contribution in [0, 0.1) is 0 Å². The molecule has 2 amide bonds. The Balaban J connectivity index is 1.71. The minimum Gasteiger partial charge on any atom is -0.331 e. The number of rotatable bonds is 5. The van der Waals surface area contributed by atoms with Crippen LogP contribution in [0.25, 0.3) is 11.3 Å². The number of benzene rings is 2. The summed E-state index contributed by atoms with van der Waals surface area (Å²) in [6.07, 6.45) is 4.71. The van der Waals surface area contributed by atoms with Crippen molar-refractivity contribution in [2.24, 2.45) is 0 Å². The Bertz CT molecular complexity index is 1050. The number of hydrogen-bond donors (Lipinski definition) is 3. The van der Waals surface area contributed by atoms with E-state index in [1.807, 2.05) is 0 Å². The maximum atomic E-state index is 12.3. The van der Waals surface area contributed by atoms with E-state index in [4.69, 9.17) is 27.8 Å². The van der Waals surface area contributed by atoms with Crippen LogP contribution in [0.4, 0.5) is 10.5 Å². The van der Waals surface area contributed by atoms with Crippen LogP contribution in [0.3, 0.4) is 0 Å². The van der Waals surface area contributed by atoms with Crippen molar-refractivity contribution in [1.29, 1.82) is 0 Å². The lowest BCUT2D eigenvalue weighted by molar-refractivity contribution is 0.249. The molecule has 3 N–H and O–H groups in total. The quantitative estimate of drug-likeness (QED) is 0.478. The van der Waals surface area contributed by atoms with Crippen LogP contribution >= 0.6 is 23.2 Å². The number of urea groups is 1. The summed E-state index contributed by atoms with van der Waals surface area (Å²) in [7, 11) is 0. The molecule has 1 unspecified atom stereocenters. The molecule has 3 rings (SSSR count). The van der Waals surface area contributed by atoms with Crippen molar-refractivity contribution in [3.05, 3.63) is 70.6 Å². The van der Waals surface area contributed by atoms with Gasteiger partial charge >= 0.3 is 6.03 Å². The van der Waals surface area contributed by atoms with Crippen molar-refractivity contribution in [3.63, 3.8) is 0 Å². The molecule has 0 aliphatic heterocycles. The van der Waals surface area contributed by atoms with Gasteiger partial charge in [0.2, 0.25) is 0 Å². The lowest BCUT2D eigenvalue weighted by Crippen LogP contribution is -2.31. The first kappa shape index (κ1) is 21.2. The van der Waals surface area contributed by atoms with Crippen molar-refractivity contribution in [3.8, 4) is 11.3 Å². The fourth-order valence-corrected chi connectivity index (χ4v) is 3.60. The highest BCUT2D eigenvalue weighted by Crippen LogP contribution is 2.37. The summed E-state index contributed by atoms with van der Waals surface area (Å²) in [4.78, 5) is 20.8. The molecule has 0 bridgehead atoms. The monoisotopic (exact) mass is 450 g/mol. The lowest BCUT2D eigenvalue weighted by Gasteiger charge is -2.18. The van der Waals surface area contributed by atoms with E-state index >= 15 is 0 Å². The first-order chi connectivity index (χ1) is 13.9. The second-order valence-corrected chi connectivity index (χ2v) is 7.74. The predicted octanol–water partition coefficient (Wildman–Crippen LogP) is 4.91. The van der Waals surface area contributed by atoms with Gasteiger partial charge in [0.05, 0.1) is 32.9 Å². The van der Waals surface area contributed by atoms with Gasteiger partial charge in [-0.3, -0.25) is 9.97 Å². The molecule has 0 aliphatic carbocycles. The minimum atomic E-state index is -2.07. The summed E-state index contributed by atoms with van der Waals surface area (Å²) >= 11 is 10.8. The fourth-order valence-electron chi connectivity index (χ4n) is 2.63. The molecule has 2 atom stereocenters. The molecule has 7 nitrogen and oxygen atoms in total. The summed E-state index contributed by atoms with van der Waals surface area (Å²) in [6.45, 7) is 1.77. The molecule has 1 aromatic heterocycles. The molecule has 1 heterocycles. The van der Waals surface area contributed by atoms with Crippen LogP contribution in [0.15, 0.2) is 59.9 Å². The molecule has 3 aromatic rings. The molecule has 29 heavy (non-hydrogen) atoms. The first-order valence-corrected chi connectivity index (χ1v) is 10.3. The molecule has 10 heteroatoms. The number of aromatic nitrogens is 2. The van der Waals surface area contributed by atoms with Crippen LogP contribution in [0.5, 0.6) is 0 Å². The molecule has 150 valence electrons. The third-order valence-corrected chi connectivity index (χ3v) is 5.65. The average molecular weight is 451 g/mol. The third-order valence-electron chi connectivity index (χ3n) is 4.08. The number of nitrogens with zero attached hydrogens (tertiary/aromatic N) is 2. The summed E-state index contributed by atoms with van der Waals surface area (Å²) in [6, 6.07) is 8.64. The lowest BCUT2D eigenvalue weighted by atomic mass is 10.0. The fraction of sp³-hybridized carbons (Fsp3) is 0.105. The van der Waals surface area contributed by atoms with Gasteiger partial charge in [0.25, 0.3) is 0 Å². The zero-order valence-electron chi connectivity index (χ0n) is 15.1. The molecule has 0 spiro atoms. The maximum Gasteiger partial charge on any atom is 0.319 e. The second kappa shape index (κ2) is 9.32. The van der Waals surface area contributed by atoms with Crippen molar-refractivity contribution < 1.29 is 13.6 Å². The van der Waals surface area contributed by atoms with Gasteiger partial charge in [0, 0.05) is 23.6 Å². The van der Waals surface area contributed by atoms with Gasteiger partial charge in [0.1, 0.15) is 0 Å². The molecular weight excluding hydrogens is 435 g/mol. The van der Waals surface area contributed by atoms with Crippen molar-refractivity contribution in [2.75, 3.05) is 5.32 Å². The van der Waals surface area contributed by atoms with Gasteiger partial charge in [-0.2, -0.15) is 0 Å². The van der Waals surface area contributed by atoms with E-state index in [0.717, 1.165) is 0 Å². The van der Waals surface area contributed by atoms with E-state index < -0.39 is 23.2 Å². The molecular formula is C19H16Cl2N4O3S. The Hall–Kier alpha value is -2.52. The number of carbonyl (C=O) groups is 1. The van der Waals surface area contributed by atoms with Crippen LogP contribution in [-0.2, 0) is 11.1 Å². The predicted molar refractivity (Wildman–Crippen MR) is 114 cm³/mol. The summed E-state index contributed by atoms with van der Waals surface area (Å²) in [5, 5.41) is 6.08. The van der Waals surface area contributed by atoms with E-state index in [1.165, 1.54) is 24.3 Å². The molecule has 2 aromatic carbocycles. The van der Waals surface area contributed by atoms with E-state index in [-0.39, 0.29) is 4.90 Å². The van der Waals surface area contributed by atoms with Crippen molar-refractivity contribution in [2.45, 2.75) is 17.9 Å². The van der Waals surface area contributed by atoms with Gasteiger partial charge in [0.15, 0.2) is 11.1 Å². The van der Waals surface area contributed by atoms with Gasteiger partial charge in [-0.05, 0) is 36.8 Å². The molecule has 0 aliphatic rings. The Morgan fingerprint density at radius 3 is 2.45 bits per heavy atom.